The van der Waals surface area contributed by atoms with Crippen molar-refractivity contribution in [3.8, 4) is 17.0 Å². The number of ether oxygens (including phenoxy) is 1. The second-order valence-electron chi connectivity index (χ2n) is 7.67. The highest BCUT2D eigenvalue weighted by atomic mass is 19.1. The third-order valence-electron chi connectivity index (χ3n) is 5.44. The summed E-state index contributed by atoms with van der Waals surface area (Å²) >= 11 is 0. The summed E-state index contributed by atoms with van der Waals surface area (Å²) in [7, 11) is 1.62. The van der Waals surface area contributed by atoms with Crippen molar-refractivity contribution in [1.29, 1.82) is 0 Å². The first-order chi connectivity index (χ1) is 15.0. The number of anilines is 2. The molecule has 3 aromatic rings. The van der Waals surface area contributed by atoms with Crippen LogP contribution in [0.1, 0.15) is 31.5 Å². The number of carbonyl (C=O) groups is 1. The van der Waals surface area contributed by atoms with Gasteiger partial charge in [-0.3, -0.25) is 4.79 Å². The van der Waals surface area contributed by atoms with Crippen molar-refractivity contribution in [2.75, 3.05) is 25.5 Å². The zero-order valence-corrected chi connectivity index (χ0v) is 17.6. The lowest BCUT2D eigenvalue weighted by Gasteiger charge is -2.31. The number of amides is 1. The Kier molecular flexibility index (Phi) is 6.11. The van der Waals surface area contributed by atoms with Gasteiger partial charge in [0, 0.05) is 43.2 Å². The average molecular weight is 420 g/mol. The molecule has 160 valence electrons. The first kappa shape index (κ1) is 20.8. The summed E-state index contributed by atoms with van der Waals surface area (Å²) in [5.41, 5.74) is 2.24. The molecule has 2 aromatic carbocycles. The van der Waals surface area contributed by atoms with Crippen LogP contribution >= 0.6 is 0 Å². The fourth-order valence-corrected chi connectivity index (χ4v) is 3.83. The van der Waals surface area contributed by atoms with Crippen LogP contribution in [0.25, 0.3) is 11.3 Å². The largest absolute Gasteiger partial charge is 0.497 e. The summed E-state index contributed by atoms with van der Waals surface area (Å²) < 4.78 is 19.0. The molecule has 1 amide bonds. The van der Waals surface area contributed by atoms with Gasteiger partial charge in [0.2, 0.25) is 5.91 Å². The predicted octanol–water partition coefficient (Wildman–Crippen LogP) is 4.76. The van der Waals surface area contributed by atoms with Crippen molar-refractivity contribution in [2.24, 2.45) is 0 Å². The highest BCUT2D eigenvalue weighted by molar-refractivity contribution is 5.73. The third kappa shape index (κ3) is 4.99. The number of methoxy groups -OCH3 is 1. The number of hydrogen-bond acceptors (Lipinski definition) is 5. The molecule has 1 N–H and O–H groups in total. The maximum absolute atomic E-state index is 13.7. The van der Waals surface area contributed by atoms with Crippen LogP contribution in [0.15, 0.2) is 54.6 Å². The normalized spacial score (nSPS) is 16.1. The molecule has 0 radical (unpaired) electrons. The molecule has 1 atom stereocenters. The smallest absolute Gasteiger partial charge is 0.219 e. The van der Waals surface area contributed by atoms with E-state index in [2.05, 4.69) is 5.32 Å². The Labute approximate surface area is 181 Å². The summed E-state index contributed by atoms with van der Waals surface area (Å²) in [5, 5.41) is 3.19. The first-order valence-corrected chi connectivity index (χ1v) is 10.3. The lowest BCUT2D eigenvalue weighted by molar-refractivity contribution is -0.130. The molecule has 1 saturated heterocycles. The van der Waals surface area contributed by atoms with Crippen molar-refractivity contribution in [2.45, 2.75) is 25.7 Å². The SMILES string of the molecule is COc1cccc(-c2cc(Nc3cccc(F)c3)nc(C3CCCN(C(C)=O)C3)n2)c1. The van der Waals surface area contributed by atoms with E-state index in [0.29, 0.717) is 23.9 Å². The topological polar surface area (TPSA) is 67.3 Å². The molecule has 4 rings (SSSR count). The Morgan fingerprint density at radius 2 is 2.00 bits per heavy atom. The van der Waals surface area contributed by atoms with Crippen molar-refractivity contribution >= 4 is 17.4 Å². The fourth-order valence-electron chi connectivity index (χ4n) is 3.83. The van der Waals surface area contributed by atoms with E-state index in [4.69, 9.17) is 14.7 Å². The Bertz CT molecular complexity index is 1090. The molecule has 0 bridgehead atoms. The van der Waals surface area contributed by atoms with Gasteiger partial charge in [-0.2, -0.15) is 0 Å². The Morgan fingerprint density at radius 1 is 1.16 bits per heavy atom. The van der Waals surface area contributed by atoms with E-state index in [9.17, 15) is 9.18 Å². The van der Waals surface area contributed by atoms with Gasteiger partial charge in [0.25, 0.3) is 0 Å². The highest BCUT2D eigenvalue weighted by Gasteiger charge is 2.26. The molecule has 7 heteroatoms. The molecule has 0 saturated carbocycles. The van der Waals surface area contributed by atoms with Gasteiger partial charge in [0.05, 0.1) is 12.8 Å². The third-order valence-corrected chi connectivity index (χ3v) is 5.44. The van der Waals surface area contributed by atoms with Gasteiger partial charge in [-0.15, -0.1) is 0 Å². The van der Waals surface area contributed by atoms with Crippen LogP contribution in [0, 0.1) is 5.82 Å². The van der Waals surface area contributed by atoms with Gasteiger partial charge < -0.3 is 15.0 Å². The minimum Gasteiger partial charge on any atom is -0.497 e. The zero-order valence-electron chi connectivity index (χ0n) is 17.6. The van der Waals surface area contributed by atoms with Crippen LogP contribution in [-0.4, -0.2) is 41.0 Å². The van der Waals surface area contributed by atoms with Crippen molar-refractivity contribution in [3.05, 3.63) is 66.2 Å². The Balaban J connectivity index is 1.73. The van der Waals surface area contributed by atoms with Crippen molar-refractivity contribution < 1.29 is 13.9 Å². The van der Waals surface area contributed by atoms with Crippen LogP contribution in [0.4, 0.5) is 15.9 Å². The predicted molar refractivity (Wildman–Crippen MR) is 118 cm³/mol. The molecule has 0 spiro atoms. The molecule has 1 unspecified atom stereocenters. The van der Waals surface area contributed by atoms with Gasteiger partial charge in [-0.1, -0.05) is 18.2 Å². The van der Waals surface area contributed by atoms with Crippen molar-refractivity contribution in [3.63, 3.8) is 0 Å². The number of nitrogens with zero attached hydrogens (tertiary/aromatic N) is 3. The number of hydrogen-bond donors (Lipinski definition) is 1. The maximum Gasteiger partial charge on any atom is 0.219 e. The fraction of sp³-hybridized carbons (Fsp3) is 0.292. The van der Waals surface area contributed by atoms with E-state index in [0.717, 1.165) is 36.4 Å². The highest BCUT2D eigenvalue weighted by Crippen LogP contribution is 2.30. The number of benzene rings is 2. The molecule has 0 aliphatic carbocycles. The second-order valence-corrected chi connectivity index (χ2v) is 7.67. The summed E-state index contributed by atoms with van der Waals surface area (Å²) in [6, 6.07) is 15.8. The second kappa shape index (κ2) is 9.12. The maximum atomic E-state index is 13.7. The van der Waals surface area contributed by atoms with E-state index >= 15 is 0 Å². The Hall–Kier alpha value is -3.48. The van der Waals surface area contributed by atoms with E-state index in [-0.39, 0.29) is 17.6 Å². The summed E-state index contributed by atoms with van der Waals surface area (Å²) in [4.78, 5) is 23.3. The zero-order chi connectivity index (χ0) is 21.8. The molecule has 1 aliphatic heterocycles. The van der Waals surface area contributed by atoms with E-state index in [1.807, 2.05) is 35.2 Å². The quantitative estimate of drug-likeness (QED) is 0.645. The lowest BCUT2D eigenvalue weighted by Crippen LogP contribution is -2.38. The number of nitrogens with one attached hydrogen (secondary N) is 1. The average Bonchev–Trinajstić information content (AvgIpc) is 2.79. The van der Waals surface area contributed by atoms with Crippen LogP contribution in [0.3, 0.4) is 0 Å². The van der Waals surface area contributed by atoms with Gasteiger partial charge in [-0.25, -0.2) is 14.4 Å². The monoisotopic (exact) mass is 420 g/mol. The van der Waals surface area contributed by atoms with Crippen LogP contribution in [0.5, 0.6) is 5.75 Å². The number of piperidine rings is 1. The number of likely N-dealkylation sites (tertiary alicyclic amines) is 1. The minimum atomic E-state index is -0.323. The molecular weight excluding hydrogens is 395 g/mol. The number of halogens is 1. The molecule has 31 heavy (non-hydrogen) atoms. The lowest BCUT2D eigenvalue weighted by atomic mass is 9.96. The van der Waals surface area contributed by atoms with Gasteiger partial charge in [-0.05, 0) is 43.2 Å². The molecule has 2 heterocycles. The standard InChI is InChI=1S/C24H25FN4O2/c1-16(30)29-11-5-7-18(15-29)24-27-22(17-6-3-10-21(12-17)31-2)14-23(28-24)26-20-9-4-8-19(25)13-20/h3-4,6,8-10,12-14,18H,5,7,11,15H2,1-2H3,(H,26,27,28). The number of rotatable bonds is 5. The van der Waals surface area contributed by atoms with E-state index in [1.54, 1.807) is 26.2 Å². The van der Waals surface area contributed by atoms with Crippen molar-refractivity contribution in [1.82, 2.24) is 14.9 Å². The molecular formula is C24H25FN4O2. The Morgan fingerprint density at radius 3 is 2.77 bits per heavy atom. The first-order valence-electron chi connectivity index (χ1n) is 10.3. The van der Waals surface area contributed by atoms with Gasteiger partial charge in [0.15, 0.2) is 0 Å². The van der Waals surface area contributed by atoms with Crippen LogP contribution < -0.4 is 10.1 Å². The number of aromatic nitrogens is 2. The molecule has 6 nitrogen and oxygen atoms in total. The summed E-state index contributed by atoms with van der Waals surface area (Å²) in [6.07, 6.45) is 1.81. The van der Waals surface area contributed by atoms with Gasteiger partial charge >= 0.3 is 0 Å². The molecule has 1 aliphatic rings. The minimum absolute atomic E-state index is 0.0382. The van der Waals surface area contributed by atoms with Crippen LogP contribution in [0.2, 0.25) is 0 Å². The van der Waals surface area contributed by atoms with E-state index in [1.165, 1.54) is 12.1 Å². The summed E-state index contributed by atoms with van der Waals surface area (Å²) in [5.74, 6) is 1.76. The van der Waals surface area contributed by atoms with Crippen LogP contribution in [-0.2, 0) is 4.79 Å². The van der Waals surface area contributed by atoms with E-state index < -0.39 is 0 Å². The summed E-state index contributed by atoms with van der Waals surface area (Å²) in [6.45, 7) is 2.94. The molecule has 1 aromatic heterocycles. The number of carbonyl (C=O) groups excluding carboxylic acids is 1. The van der Waals surface area contributed by atoms with Gasteiger partial charge in [0.1, 0.15) is 23.2 Å². The molecule has 1 fully saturated rings.